The van der Waals surface area contributed by atoms with Crippen LogP contribution in [0.3, 0.4) is 0 Å². The van der Waals surface area contributed by atoms with E-state index in [1.165, 1.54) is 0 Å². The molecule has 19 heavy (non-hydrogen) atoms. The Morgan fingerprint density at radius 2 is 2.16 bits per heavy atom. The second-order valence-electron chi connectivity index (χ2n) is 4.60. The predicted octanol–water partition coefficient (Wildman–Crippen LogP) is 2.44. The van der Waals surface area contributed by atoms with E-state index in [-0.39, 0.29) is 6.10 Å². The summed E-state index contributed by atoms with van der Waals surface area (Å²) in [6.45, 7) is 7.91. The van der Waals surface area contributed by atoms with Crippen molar-refractivity contribution >= 4 is 17.0 Å². The smallest absolute Gasteiger partial charge is 0.201 e. The van der Waals surface area contributed by atoms with Crippen LogP contribution in [0.15, 0.2) is 18.2 Å². The number of benzene rings is 1. The minimum absolute atomic E-state index is 0.218. The molecule has 104 valence electrons. The molecular weight excluding hydrogens is 242 g/mol. The number of rotatable bonds is 6. The minimum Gasteiger partial charge on any atom is -0.492 e. The van der Waals surface area contributed by atoms with Crippen LogP contribution in [0.1, 0.15) is 20.8 Å². The molecule has 0 bridgehead atoms. The molecular formula is C14H21N3O2. The zero-order valence-corrected chi connectivity index (χ0v) is 11.7. The highest BCUT2D eigenvalue weighted by Gasteiger charge is 2.12. The van der Waals surface area contributed by atoms with Crippen LogP contribution < -0.4 is 10.5 Å². The molecule has 0 radical (unpaired) electrons. The SMILES string of the molecule is CCOc1cccc2c1nc(N)n2CCOC(C)C. The van der Waals surface area contributed by atoms with Crippen LogP contribution in [0.4, 0.5) is 5.95 Å². The standard InChI is InChI=1S/C14H21N3O2/c1-4-18-12-7-5-6-11-13(12)16-14(15)17(11)8-9-19-10(2)3/h5-7,10H,4,8-9H2,1-3H3,(H2,15,16). The van der Waals surface area contributed by atoms with Gasteiger partial charge < -0.3 is 19.8 Å². The Morgan fingerprint density at radius 3 is 2.84 bits per heavy atom. The molecule has 2 aromatic rings. The molecule has 0 amide bonds. The van der Waals surface area contributed by atoms with Crippen molar-refractivity contribution in [2.24, 2.45) is 0 Å². The maximum atomic E-state index is 5.98. The Kier molecular flexibility index (Phi) is 4.27. The molecule has 0 atom stereocenters. The number of ether oxygens (including phenoxy) is 2. The molecule has 0 spiro atoms. The Hall–Kier alpha value is -1.75. The van der Waals surface area contributed by atoms with Gasteiger partial charge in [-0.25, -0.2) is 4.98 Å². The largest absolute Gasteiger partial charge is 0.492 e. The first-order valence-electron chi connectivity index (χ1n) is 6.62. The lowest BCUT2D eigenvalue weighted by Gasteiger charge is -2.10. The molecule has 1 aromatic carbocycles. The zero-order valence-electron chi connectivity index (χ0n) is 11.7. The highest BCUT2D eigenvalue weighted by atomic mass is 16.5. The molecule has 2 N–H and O–H groups in total. The van der Waals surface area contributed by atoms with Crippen LogP contribution >= 0.6 is 0 Å². The lowest BCUT2D eigenvalue weighted by Crippen LogP contribution is -2.12. The molecule has 1 aromatic heterocycles. The minimum atomic E-state index is 0.218. The fourth-order valence-corrected chi connectivity index (χ4v) is 2.03. The summed E-state index contributed by atoms with van der Waals surface area (Å²) in [6.07, 6.45) is 0.218. The number of nitrogens with two attached hydrogens (primary N) is 1. The van der Waals surface area contributed by atoms with Gasteiger partial charge >= 0.3 is 0 Å². The molecule has 0 fully saturated rings. The fourth-order valence-electron chi connectivity index (χ4n) is 2.03. The second-order valence-corrected chi connectivity index (χ2v) is 4.60. The number of aromatic nitrogens is 2. The average Bonchev–Trinajstić information content (AvgIpc) is 2.67. The lowest BCUT2D eigenvalue weighted by molar-refractivity contribution is 0.0735. The van der Waals surface area contributed by atoms with Gasteiger partial charge in [0, 0.05) is 6.54 Å². The number of para-hydroxylation sites is 1. The van der Waals surface area contributed by atoms with E-state index in [1.807, 2.05) is 43.5 Å². The van der Waals surface area contributed by atoms with E-state index in [2.05, 4.69) is 4.98 Å². The van der Waals surface area contributed by atoms with Crippen molar-refractivity contribution in [1.29, 1.82) is 0 Å². The topological polar surface area (TPSA) is 62.3 Å². The Morgan fingerprint density at radius 1 is 1.37 bits per heavy atom. The van der Waals surface area contributed by atoms with Crippen molar-refractivity contribution in [2.45, 2.75) is 33.4 Å². The first-order valence-corrected chi connectivity index (χ1v) is 6.62. The first-order chi connectivity index (χ1) is 9.13. The quantitative estimate of drug-likeness (QED) is 0.869. The summed E-state index contributed by atoms with van der Waals surface area (Å²) in [4.78, 5) is 4.39. The predicted molar refractivity (Wildman–Crippen MR) is 76.4 cm³/mol. The molecule has 5 nitrogen and oxygen atoms in total. The molecule has 0 saturated carbocycles. The van der Waals surface area contributed by atoms with Crippen molar-refractivity contribution in [3.8, 4) is 5.75 Å². The molecule has 0 aliphatic rings. The summed E-state index contributed by atoms with van der Waals surface area (Å²) >= 11 is 0. The van der Waals surface area contributed by atoms with Crippen LogP contribution in [0.2, 0.25) is 0 Å². The van der Waals surface area contributed by atoms with Gasteiger partial charge in [-0.2, -0.15) is 0 Å². The van der Waals surface area contributed by atoms with Crippen LogP contribution in [0, 0.1) is 0 Å². The maximum absolute atomic E-state index is 5.98. The molecule has 5 heteroatoms. The van der Waals surface area contributed by atoms with Gasteiger partial charge in [0.15, 0.2) is 0 Å². The van der Waals surface area contributed by atoms with Crippen LogP contribution in [-0.4, -0.2) is 28.9 Å². The van der Waals surface area contributed by atoms with Gasteiger partial charge in [0.25, 0.3) is 0 Å². The van der Waals surface area contributed by atoms with Gasteiger partial charge in [0.1, 0.15) is 11.3 Å². The number of anilines is 1. The summed E-state index contributed by atoms with van der Waals surface area (Å²) in [5.74, 6) is 1.27. The number of fused-ring (bicyclic) bond motifs is 1. The van der Waals surface area contributed by atoms with E-state index >= 15 is 0 Å². The van der Waals surface area contributed by atoms with Crippen molar-refractivity contribution in [3.63, 3.8) is 0 Å². The van der Waals surface area contributed by atoms with Gasteiger partial charge in [-0.3, -0.25) is 0 Å². The molecule has 1 heterocycles. The number of nitrogen functional groups attached to an aromatic ring is 1. The molecule has 2 rings (SSSR count). The summed E-state index contributed by atoms with van der Waals surface area (Å²) in [5, 5.41) is 0. The third kappa shape index (κ3) is 2.98. The number of hydrogen-bond donors (Lipinski definition) is 1. The number of imidazole rings is 1. The molecule has 0 aliphatic heterocycles. The van der Waals surface area contributed by atoms with E-state index < -0.39 is 0 Å². The Balaban J connectivity index is 2.28. The maximum Gasteiger partial charge on any atom is 0.201 e. The zero-order chi connectivity index (χ0) is 13.8. The average molecular weight is 263 g/mol. The third-order valence-corrected chi connectivity index (χ3v) is 2.84. The van der Waals surface area contributed by atoms with E-state index in [9.17, 15) is 0 Å². The van der Waals surface area contributed by atoms with E-state index in [1.54, 1.807) is 0 Å². The van der Waals surface area contributed by atoms with Crippen molar-refractivity contribution in [3.05, 3.63) is 18.2 Å². The second kappa shape index (κ2) is 5.93. The summed E-state index contributed by atoms with van der Waals surface area (Å²) in [6, 6.07) is 5.86. The van der Waals surface area contributed by atoms with Gasteiger partial charge in [0.05, 0.1) is 24.8 Å². The highest BCUT2D eigenvalue weighted by molar-refractivity contribution is 5.84. The number of hydrogen-bond acceptors (Lipinski definition) is 4. The Labute approximate surface area is 113 Å². The van der Waals surface area contributed by atoms with E-state index in [4.69, 9.17) is 15.2 Å². The molecule has 0 aliphatic carbocycles. The monoisotopic (exact) mass is 263 g/mol. The highest BCUT2D eigenvalue weighted by Crippen LogP contribution is 2.26. The van der Waals surface area contributed by atoms with Crippen molar-refractivity contribution < 1.29 is 9.47 Å². The molecule has 0 saturated heterocycles. The van der Waals surface area contributed by atoms with E-state index in [0.717, 1.165) is 16.8 Å². The van der Waals surface area contributed by atoms with Gasteiger partial charge in [-0.15, -0.1) is 0 Å². The third-order valence-electron chi connectivity index (χ3n) is 2.84. The summed E-state index contributed by atoms with van der Waals surface area (Å²) in [7, 11) is 0. The number of nitrogens with zero attached hydrogens (tertiary/aromatic N) is 2. The van der Waals surface area contributed by atoms with Crippen molar-refractivity contribution in [1.82, 2.24) is 9.55 Å². The molecule has 0 unspecified atom stereocenters. The van der Waals surface area contributed by atoms with Crippen molar-refractivity contribution in [2.75, 3.05) is 18.9 Å². The van der Waals surface area contributed by atoms with Gasteiger partial charge in [0.2, 0.25) is 5.95 Å². The van der Waals surface area contributed by atoms with E-state index in [0.29, 0.717) is 25.7 Å². The van der Waals surface area contributed by atoms with Crippen LogP contribution in [0.5, 0.6) is 5.75 Å². The fraction of sp³-hybridized carbons (Fsp3) is 0.500. The van der Waals surface area contributed by atoms with Crippen LogP contribution in [-0.2, 0) is 11.3 Å². The van der Waals surface area contributed by atoms with Gasteiger partial charge in [-0.05, 0) is 32.9 Å². The summed E-state index contributed by atoms with van der Waals surface area (Å²) < 4.78 is 13.1. The summed E-state index contributed by atoms with van der Waals surface area (Å²) in [5.41, 5.74) is 7.77. The normalized spacial score (nSPS) is 11.4. The van der Waals surface area contributed by atoms with Gasteiger partial charge in [-0.1, -0.05) is 6.07 Å². The lowest BCUT2D eigenvalue weighted by atomic mass is 10.3. The van der Waals surface area contributed by atoms with Crippen LogP contribution in [0.25, 0.3) is 11.0 Å². The Bertz CT molecular complexity index is 549. The first kappa shape index (κ1) is 13.7.